The molecular formula is C6H12F3N3O. The maximum Gasteiger partial charge on any atom is 0.389 e. The van der Waals surface area contributed by atoms with Crippen molar-refractivity contribution >= 4 is 5.91 Å². The van der Waals surface area contributed by atoms with E-state index >= 15 is 0 Å². The van der Waals surface area contributed by atoms with Crippen LogP contribution in [0.1, 0.15) is 12.8 Å². The fourth-order valence-electron chi connectivity index (χ4n) is 0.768. The Bertz CT molecular complexity index is 171. The first-order valence-electron chi connectivity index (χ1n) is 3.65. The van der Waals surface area contributed by atoms with Crippen LogP contribution >= 0.6 is 0 Å². The van der Waals surface area contributed by atoms with Crippen molar-refractivity contribution in [2.45, 2.75) is 25.1 Å². The molecular weight excluding hydrogens is 187 g/mol. The molecule has 0 aliphatic rings. The van der Waals surface area contributed by atoms with Gasteiger partial charge in [0.15, 0.2) is 0 Å². The van der Waals surface area contributed by atoms with Crippen LogP contribution in [0.15, 0.2) is 0 Å². The molecule has 0 bridgehead atoms. The Labute approximate surface area is 73.6 Å². The molecule has 0 aliphatic carbocycles. The average Bonchev–Trinajstić information content (AvgIpc) is 1.95. The van der Waals surface area contributed by atoms with Gasteiger partial charge in [-0.2, -0.15) is 13.2 Å². The van der Waals surface area contributed by atoms with Crippen LogP contribution in [0.4, 0.5) is 13.2 Å². The summed E-state index contributed by atoms with van der Waals surface area (Å²) in [5, 5.41) is 0. The third-order valence-corrected chi connectivity index (χ3v) is 1.38. The number of amides is 1. The van der Waals surface area contributed by atoms with E-state index in [1.807, 2.05) is 0 Å². The lowest BCUT2D eigenvalue weighted by atomic mass is 10.1. The van der Waals surface area contributed by atoms with Gasteiger partial charge >= 0.3 is 6.18 Å². The fourth-order valence-corrected chi connectivity index (χ4v) is 0.768. The van der Waals surface area contributed by atoms with E-state index < -0.39 is 24.5 Å². The number of primary amides is 1. The van der Waals surface area contributed by atoms with Crippen LogP contribution in [0.2, 0.25) is 0 Å². The molecule has 13 heavy (non-hydrogen) atoms. The number of halogens is 3. The second-order valence-electron chi connectivity index (χ2n) is 2.50. The molecule has 78 valence electrons. The molecule has 4 nitrogen and oxygen atoms in total. The maximum atomic E-state index is 11.7. The zero-order valence-corrected chi connectivity index (χ0v) is 7.11. The van der Waals surface area contributed by atoms with Crippen LogP contribution in [0.5, 0.6) is 0 Å². The highest BCUT2D eigenvalue weighted by molar-refractivity contribution is 5.79. The van der Waals surface area contributed by atoms with E-state index in [1.165, 1.54) is 7.05 Å². The summed E-state index contributed by atoms with van der Waals surface area (Å²) >= 11 is 0. The van der Waals surface area contributed by atoms with Gasteiger partial charge in [0.1, 0.15) is 0 Å². The number of nitrogens with one attached hydrogen (secondary N) is 2. The monoisotopic (exact) mass is 199 g/mol. The minimum absolute atomic E-state index is 0.361. The predicted molar refractivity (Wildman–Crippen MR) is 40.5 cm³/mol. The third kappa shape index (κ3) is 6.35. The lowest BCUT2D eigenvalue weighted by molar-refractivity contribution is -0.138. The van der Waals surface area contributed by atoms with E-state index in [0.717, 1.165) is 0 Å². The zero-order chi connectivity index (χ0) is 10.5. The molecule has 7 heteroatoms. The van der Waals surface area contributed by atoms with Gasteiger partial charge in [0.25, 0.3) is 0 Å². The van der Waals surface area contributed by atoms with Crippen molar-refractivity contribution in [3.8, 4) is 0 Å². The number of carbonyl (C=O) groups is 1. The molecule has 1 amide bonds. The summed E-state index contributed by atoms with van der Waals surface area (Å²) in [5.74, 6) is -0.807. The molecule has 0 heterocycles. The quantitative estimate of drug-likeness (QED) is 0.542. The Balaban J connectivity index is 3.90. The molecule has 0 rings (SSSR count). The first-order chi connectivity index (χ1) is 5.87. The highest BCUT2D eigenvalue weighted by Gasteiger charge is 2.29. The van der Waals surface area contributed by atoms with E-state index in [4.69, 9.17) is 5.73 Å². The molecule has 1 atom stereocenters. The lowest BCUT2D eigenvalue weighted by Gasteiger charge is -2.15. The highest BCUT2D eigenvalue weighted by Crippen LogP contribution is 2.21. The van der Waals surface area contributed by atoms with E-state index in [-0.39, 0.29) is 6.42 Å². The number of hydrogen-bond acceptors (Lipinski definition) is 3. The van der Waals surface area contributed by atoms with Crippen LogP contribution in [0.25, 0.3) is 0 Å². The van der Waals surface area contributed by atoms with Gasteiger partial charge < -0.3 is 5.73 Å². The summed E-state index contributed by atoms with van der Waals surface area (Å²) in [6.45, 7) is 0. The summed E-state index contributed by atoms with van der Waals surface area (Å²) < 4.78 is 35.2. The molecule has 0 saturated carbocycles. The van der Waals surface area contributed by atoms with Crippen molar-refractivity contribution in [2.24, 2.45) is 5.73 Å². The van der Waals surface area contributed by atoms with Gasteiger partial charge in [0.2, 0.25) is 5.91 Å². The standard InChI is InChI=1S/C6H12F3N3O/c1-11-12-4(5(10)13)2-3-6(7,8)9/h4,11-12H,2-3H2,1H3,(H2,10,13)/t4-/m1/s1. The molecule has 0 aromatic carbocycles. The molecule has 0 fully saturated rings. The number of carbonyl (C=O) groups excluding carboxylic acids is 1. The summed E-state index contributed by atoms with van der Waals surface area (Å²) in [4.78, 5) is 10.6. The average molecular weight is 199 g/mol. The van der Waals surface area contributed by atoms with Crippen LogP contribution < -0.4 is 16.6 Å². The third-order valence-electron chi connectivity index (χ3n) is 1.38. The fraction of sp³-hybridized carbons (Fsp3) is 0.833. The van der Waals surface area contributed by atoms with Crippen molar-refractivity contribution < 1.29 is 18.0 Å². The molecule has 0 radical (unpaired) electrons. The number of hydrogen-bond donors (Lipinski definition) is 3. The summed E-state index contributed by atoms with van der Waals surface area (Å²) in [6, 6.07) is -0.994. The molecule has 0 aromatic heterocycles. The highest BCUT2D eigenvalue weighted by atomic mass is 19.4. The van der Waals surface area contributed by atoms with Crippen molar-refractivity contribution in [3.63, 3.8) is 0 Å². The summed E-state index contributed by atoms with van der Waals surface area (Å²) in [7, 11) is 1.45. The minimum Gasteiger partial charge on any atom is -0.368 e. The van der Waals surface area contributed by atoms with Gasteiger partial charge in [-0.1, -0.05) is 0 Å². The Hall–Kier alpha value is -0.820. The molecule has 0 saturated heterocycles. The van der Waals surface area contributed by atoms with Crippen LogP contribution in [0.3, 0.4) is 0 Å². The SMILES string of the molecule is CNN[C@H](CCC(F)(F)F)C(N)=O. The summed E-state index contributed by atoms with van der Waals surface area (Å²) in [5.41, 5.74) is 9.54. The number of alkyl halides is 3. The summed E-state index contributed by atoms with van der Waals surface area (Å²) in [6.07, 6.45) is -5.65. The first kappa shape index (κ1) is 12.2. The van der Waals surface area contributed by atoms with Gasteiger partial charge in [-0.05, 0) is 13.5 Å². The Morgan fingerprint density at radius 3 is 2.38 bits per heavy atom. The molecule has 0 spiro atoms. The molecule has 0 aromatic rings. The van der Waals surface area contributed by atoms with Crippen molar-refractivity contribution in [1.29, 1.82) is 0 Å². The molecule has 4 N–H and O–H groups in total. The van der Waals surface area contributed by atoms with E-state index in [0.29, 0.717) is 0 Å². The van der Waals surface area contributed by atoms with E-state index in [2.05, 4.69) is 10.9 Å². The van der Waals surface area contributed by atoms with Crippen LogP contribution in [0, 0.1) is 0 Å². The topological polar surface area (TPSA) is 67.2 Å². The largest absolute Gasteiger partial charge is 0.389 e. The molecule has 0 aliphatic heterocycles. The van der Waals surface area contributed by atoms with Gasteiger partial charge in [-0.3, -0.25) is 10.2 Å². The minimum atomic E-state index is -4.26. The molecule has 0 unspecified atom stereocenters. The zero-order valence-electron chi connectivity index (χ0n) is 7.11. The maximum absolute atomic E-state index is 11.7. The smallest absolute Gasteiger partial charge is 0.368 e. The van der Waals surface area contributed by atoms with Gasteiger partial charge in [-0.25, -0.2) is 5.43 Å². The second-order valence-corrected chi connectivity index (χ2v) is 2.50. The lowest BCUT2D eigenvalue weighted by Crippen LogP contribution is -2.47. The van der Waals surface area contributed by atoms with Crippen molar-refractivity contribution in [2.75, 3.05) is 7.05 Å². The van der Waals surface area contributed by atoms with Gasteiger partial charge in [-0.15, -0.1) is 0 Å². The van der Waals surface area contributed by atoms with Crippen LogP contribution in [-0.2, 0) is 4.79 Å². The van der Waals surface area contributed by atoms with Gasteiger partial charge in [0.05, 0.1) is 6.04 Å². The number of rotatable bonds is 5. The van der Waals surface area contributed by atoms with Gasteiger partial charge in [0, 0.05) is 6.42 Å². The van der Waals surface area contributed by atoms with Crippen LogP contribution in [-0.4, -0.2) is 25.2 Å². The Morgan fingerprint density at radius 1 is 1.54 bits per heavy atom. The van der Waals surface area contributed by atoms with Crippen molar-refractivity contribution in [3.05, 3.63) is 0 Å². The Morgan fingerprint density at radius 2 is 2.08 bits per heavy atom. The Kier molecular flexibility index (Phi) is 4.71. The predicted octanol–water partition coefficient (Wildman–Crippen LogP) is -0.0932. The normalized spacial score (nSPS) is 14.2. The van der Waals surface area contributed by atoms with E-state index in [9.17, 15) is 18.0 Å². The van der Waals surface area contributed by atoms with E-state index in [1.54, 1.807) is 0 Å². The first-order valence-corrected chi connectivity index (χ1v) is 3.65. The van der Waals surface area contributed by atoms with Crippen molar-refractivity contribution in [1.82, 2.24) is 10.9 Å². The number of hydrazine groups is 1. The second kappa shape index (κ2) is 5.03. The number of nitrogens with two attached hydrogens (primary N) is 1.